The third-order valence-electron chi connectivity index (χ3n) is 6.65. The summed E-state index contributed by atoms with van der Waals surface area (Å²) in [7, 11) is 3.40. The second kappa shape index (κ2) is 10.1. The van der Waals surface area contributed by atoms with Crippen molar-refractivity contribution < 1.29 is 22.7 Å². The number of ether oxygens (including phenoxy) is 1. The van der Waals surface area contributed by atoms with Crippen molar-refractivity contribution in [1.82, 2.24) is 14.5 Å². The number of aromatic nitrogens is 2. The monoisotopic (exact) mass is 514 g/mol. The molecule has 0 aliphatic heterocycles. The van der Waals surface area contributed by atoms with Crippen molar-refractivity contribution in [1.29, 1.82) is 0 Å². The number of alkyl halides is 3. The average Bonchev–Trinajstić information content (AvgIpc) is 3.13. The molecule has 198 valence electrons. The van der Waals surface area contributed by atoms with Crippen LogP contribution >= 0.6 is 0 Å². The number of likely N-dealkylation sites (N-methyl/N-ethyl adjacent to an activating group) is 1. The minimum Gasteiger partial charge on any atom is -0.406 e. The molecule has 9 heteroatoms. The van der Waals surface area contributed by atoms with E-state index in [4.69, 9.17) is 4.98 Å². The van der Waals surface area contributed by atoms with Gasteiger partial charge in [0.1, 0.15) is 5.75 Å². The van der Waals surface area contributed by atoms with Crippen LogP contribution in [0.25, 0.3) is 17.1 Å². The molecule has 1 aromatic heterocycles. The lowest BCUT2D eigenvalue weighted by molar-refractivity contribution is -0.274. The first-order chi connectivity index (χ1) is 17.3. The van der Waals surface area contributed by atoms with Crippen LogP contribution in [0.5, 0.6) is 5.75 Å². The summed E-state index contributed by atoms with van der Waals surface area (Å²) in [5.41, 5.74) is 3.36. The van der Waals surface area contributed by atoms with Gasteiger partial charge in [0.05, 0.1) is 11.0 Å². The molecule has 4 rings (SSSR count). The summed E-state index contributed by atoms with van der Waals surface area (Å²) >= 11 is 0. The fourth-order valence-electron chi connectivity index (χ4n) is 5.36. The van der Waals surface area contributed by atoms with E-state index in [9.17, 15) is 18.0 Å². The topological polar surface area (TPSA) is 59.4 Å². The molecule has 2 aromatic carbocycles. The van der Waals surface area contributed by atoms with Crippen LogP contribution in [0, 0.1) is 11.3 Å². The molecule has 3 aromatic rings. The van der Waals surface area contributed by atoms with Gasteiger partial charge in [-0.25, -0.2) is 4.98 Å². The maximum Gasteiger partial charge on any atom is 0.573 e. The molecule has 1 fully saturated rings. The van der Waals surface area contributed by atoms with E-state index in [1.807, 2.05) is 18.2 Å². The van der Waals surface area contributed by atoms with E-state index >= 15 is 0 Å². The van der Waals surface area contributed by atoms with E-state index in [0.29, 0.717) is 17.6 Å². The molecule has 0 unspecified atom stereocenters. The van der Waals surface area contributed by atoms with Crippen molar-refractivity contribution in [3.63, 3.8) is 0 Å². The van der Waals surface area contributed by atoms with Crippen LogP contribution in [0.1, 0.15) is 51.6 Å². The third kappa shape index (κ3) is 6.64. The molecule has 1 amide bonds. The van der Waals surface area contributed by atoms with E-state index in [-0.39, 0.29) is 23.1 Å². The van der Waals surface area contributed by atoms with Gasteiger partial charge in [-0.1, -0.05) is 26.8 Å². The highest BCUT2D eigenvalue weighted by atomic mass is 19.4. The van der Waals surface area contributed by atoms with Crippen molar-refractivity contribution in [3.05, 3.63) is 54.1 Å². The molecule has 6 nitrogen and oxygen atoms in total. The summed E-state index contributed by atoms with van der Waals surface area (Å²) in [6, 6.07) is 11.8. The van der Waals surface area contributed by atoms with E-state index in [2.05, 4.69) is 35.4 Å². The largest absolute Gasteiger partial charge is 0.573 e. The van der Waals surface area contributed by atoms with Crippen molar-refractivity contribution in [2.75, 3.05) is 19.4 Å². The van der Waals surface area contributed by atoms with Crippen molar-refractivity contribution in [3.8, 4) is 5.75 Å². The molecule has 0 bridgehead atoms. The summed E-state index contributed by atoms with van der Waals surface area (Å²) in [5.74, 6) is 0.777. The number of nitrogens with zero attached hydrogens (tertiary/aromatic N) is 3. The van der Waals surface area contributed by atoms with Crippen LogP contribution in [0.2, 0.25) is 0 Å². The number of fused-ring (bicyclic) bond motifs is 1. The highest BCUT2D eigenvalue weighted by molar-refractivity contribution is 5.92. The molecule has 0 saturated heterocycles. The number of halogens is 3. The highest BCUT2D eigenvalue weighted by Crippen LogP contribution is 2.46. The number of nitrogens with one attached hydrogen (secondary N) is 1. The second-order valence-corrected chi connectivity index (χ2v) is 10.9. The molecule has 0 spiro atoms. The van der Waals surface area contributed by atoms with E-state index in [1.165, 1.54) is 23.1 Å². The number of anilines is 2. The Labute approximate surface area is 215 Å². The molecule has 1 N–H and O–H groups in total. The van der Waals surface area contributed by atoms with Crippen molar-refractivity contribution in [2.24, 2.45) is 11.3 Å². The van der Waals surface area contributed by atoms with Gasteiger partial charge in [-0.15, -0.1) is 13.2 Å². The molecular weight excluding hydrogens is 481 g/mol. The zero-order valence-corrected chi connectivity index (χ0v) is 21.8. The lowest BCUT2D eigenvalue weighted by atomic mass is 9.70. The van der Waals surface area contributed by atoms with Gasteiger partial charge in [0.25, 0.3) is 0 Å². The minimum atomic E-state index is -4.74. The highest BCUT2D eigenvalue weighted by Gasteiger charge is 2.35. The first kappa shape index (κ1) is 26.6. The van der Waals surface area contributed by atoms with Gasteiger partial charge in [0, 0.05) is 31.9 Å². The third-order valence-corrected chi connectivity index (χ3v) is 6.65. The number of hydrogen-bond donors (Lipinski definition) is 1. The zero-order chi connectivity index (χ0) is 27.0. The normalized spacial score (nSPS) is 19.8. The summed E-state index contributed by atoms with van der Waals surface area (Å²) < 4.78 is 43.9. The van der Waals surface area contributed by atoms with E-state index in [1.54, 1.807) is 32.3 Å². The number of imidazole rings is 1. The predicted molar refractivity (Wildman–Crippen MR) is 140 cm³/mol. The Kier molecular flexibility index (Phi) is 7.26. The van der Waals surface area contributed by atoms with E-state index < -0.39 is 6.36 Å². The number of amides is 1. The SMILES string of the molecule is C[C@@H]1C[C@H](n2c(Nc3ccc(OC(F)(F)F)cc3)nc3cc(/C=C/C(=O)N(C)C)ccc32)CC(C)(C)C1. The standard InChI is InChI=1S/C28H33F3N4O2/c1-18-14-21(17-27(2,3)16-18)35-24-12-6-19(7-13-25(36)34(4)5)15-23(24)33-26(35)32-20-8-10-22(11-9-20)37-28(29,30)31/h6-13,15,18,21H,14,16-17H2,1-5H3,(H,32,33)/b13-7+/t18-,21+/m1/s1. The molecular formula is C28H33F3N4O2. The number of carbonyl (C=O) groups excluding carboxylic acids is 1. The van der Waals surface area contributed by atoms with Crippen molar-refractivity contribution in [2.45, 2.75) is 52.4 Å². The molecule has 1 saturated carbocycles. The minimum absolute atomic E-state index is 0.107. The average molecular weight is 515 g/mol. The van der Waals surface area contributed by atoms with Crippen LogP contribution in [0.15, 0.2) is 48.5 Å². The number of rotatable bonds is 6. The number of benzene rings is 2. The Hall–Kier alpha value is -3.49. The molecule has 0 radical (unpaired) electrons. The Bertz CT molecular complexity index is 1290. The Morgan fingerprint density at radius 2 is 1.86 bits per heavy atom. The lowest BCUT2D eigenvalue weighted by Crippen LogP contribution is -2.29. The maximum absolute atomic E-state index is 12.6. The van der Waals surface area contributed by atoms with Gasteiger partial charge >= 0.3 is 6.36 Å². The predicted octanol–water partition coefficient (Wildman–Crippen LogP) is 7.17. The fourth-order valence-corrected chi connectivity index (χ4v) is 5.36. The quantitative estimate of drug-likeness (QED) is 0.355. The first-order valence-corrected chi connectivity index (χ1v) is 12.3. The smallest absolute Gasteiger partial charge is 0.406 e. The van der Waals surface area contributed by atoms with Gasteiger partial charge < -0.3 is 19.5 Å². The number of carbonyl (C=O) groups is 1. The molecule has 1 heterocycles. The van der Waals surface area contributed by atoms with Gasteiger partial charge in [-0.2, -0.15) is 0 Å². The Balaban J connectivity index is 1.71. The van der Waals surface area contributed by atoms with Gasteiger partial charge in [0.15, 0.2) is 0 Å². The Morgan fingerprint density at radius 3 is 2.49 bits per heavy atom. The van der Waals surface area contributed by atoms with Crippen molar-refractivity contribution >= 4 is 34.7 Å². The number of hydrogen-bond acceptors (Lipinski definition) is 4. The van der Waals surface area contributed by atoms with Crippen LogP contribution < -0.4 is 10.1 Å². The molecule has 2 atom stereocenters. The van der Waals surface area contributed by atoms with Gasteiger partial charge in [-0.3, -0.25) is 4.79 Å². The van der Waals surface area contributed by atoms with Crippen LogP contribution in [0.3, 0.4) is 0 Å². The summed E-state index contributed by atoms with van der Waals surface area (Å²) in [4.78, 5) is 18.4. The van der Waals surface area contributed by atoms with Gasteiger partial charge in [0.2, 0.25) is 11.9 Å². The summed E-state index contributed by atoms with van der Waals surface area (Å²) in [6.07, 6.45) is 1.67. The maximum atomic E-state index is 12.6. The molecule has 37 heavy (non-hydrogen) atoms. The van der Waals surface area contributed by atoms with Crippen LogP contribution in [-0.2, 0) is 4.79 Å². The van der Waals surface area contributed by atoms with Crippen LogP contribution in [-0.4, -0.2) is 40.8 Å². The fraction of sp³-hybridized carbons (Fsp3) is 0.429. The molecule has 1 aliphatic rings. The summed E-state index contributed by atoms with van der Waals surface area (Å²) in [6.45, 7) is 6.84. The summed E-state index contributed by atoms with van der Waals surface area (Å²) in [5, 5.41) is 3.31. The van der Waals surface area contributed by atoms with Crippen LogP contribution in [0.4, 0.5) is 24.8 Å². The first-order valence-electron chi connectivity index (χ1n) is 12.3. The van der Waals surface area contributed by atoms with E-state index in [0.717, 1.165) is 35.9 Å². The van der Waals surface area contributed by atoms with Gasteiger partial charge in [-0.05, 0) is 78.6 Å². The second-order valence-electron chi connectivity index (χ2n) is 10.9. The molecule has 1 aliphatic carbocycles. The lowest BCUT2D eigenvalue weighted by Gasteiger charge is -2.40. The Morgan fingerprint density at radius 1 is 1.16 bits per heavy atom. The zero-order valence-electron chi connectivity index (χ0n) is 21.8.